The van der Waals surface area contributed by atoms with Crippen LogP contribution >= 0.6 is 0 Å². The molecule has 42 valence electrons. The van der Waals surface area contributed by atoms with Crippen LogP contribution in [0.1, 0.15) is 0 Å². The van der Waals surface area contributed by atoms with Crippen LogP contribution in [-0.4, -0.2) is 24.3 Å². The van der Waals surface area contributed by atoms with Gasteiger partial charge in [-0.2, -0.15) is 0 Å². The van der Waals surface area contributed by atoms with Gasteiger partial charge in [-0.15, -0.1) is 0 Å². The van der Waals surface area contributed by atoms with Crippen molar-refractivity contribution in [1.29, 1.82) is 0 Å². The summed E-state index contributed by atoms with van der Waals surface area (Å²) in [6.45, 7) is 0. The van der Waals surface area contributed by atoms with Crippen LogP contribution in [0.25, 0.3) is 0 Å². The van der Waals surface area contributed by atoms with E-state index in [0.29, 0.717) is 0 Å². The van der Waals surface area contributed by atoms with Crippen LogP contribution in [0.2, 0.25) is 0 Å². The minimum atomic E-state index is -2.42. The molecule has 0 spiro atoms. The Balaban J connectivity index is -0.00000000333. The van der Waals surface area contributed by atoms with Crippen LogP contribution < -0.4 is 0 Å². The molecular weight excluding hydrogens is 381 g/mol. The topological polar surface area (TPSA) is 91.1 Å². The van der Waals surface area contributed by atoms with Crippen molar-refractivity contribution >= 4 is 24.3 Å². The fourth-order valence-electron chi connectivity index (χ4n) is 0. The molecule has 0 aromatic heterocycles. The van der Waals surface area contributed by atoms with E-state index in [1.807, 2.05) is 0 Å². The Morgan fingerprint density at radius 1 is 0.857 bits per heavy atom. The Morgan fingerprint density at radius 3 is 0.857 bits per heavy atom. The van der Waals surface area contributed by atoms with E-state index in [1.54, 1.807) is 0 Å². The average Bonchev–Trinajstić information content (AvgIpc) is 0.918. The van der Waals surface area contributed by atoms with E-state index in [9.17, 15) is 0 Å². The summed E-state index contributed by atoms with van der Waals surface area (Å²) in [5, 5.41) is 0. The van der Waals surface area contributed by atoms with E-state index in [-0.39, 0.29) is 45.1 Å². The second-order valence-electron chi connectivity index (χ2n) is 0.0833. The molecule has 0 saturated heterocycles. The second-order valence-corrected chi connectivity index (χ2v) is 0.731. The van der Waals surface area contributed by atoms with Crippen LogP contribution in [0.3, 0.4) is 0 Å². The molecule has 0 amide bonds. The van der Waals surface area contributed by atoms with E-state index in [0.717, 1.165) is 0 Å². The van der Waals surface area contributed by atoms with Gasteiger partial charge in [0.05, 0.1) is 0 Å². The van der Waals surface area contributed by atoms with Crippen molar-refractivity contribution < 1.29 is 50.5 Å². The molecule has 0 saturated carbocycles. The van der Waals surface area contributed by atoms with Crippen LogP contribution in [0, 0.1) is 0 Å². The Morgan fingerprint density at radius 2 is 0.857 bits per heavy atom. The summed E-state index contributed by atoms with van der Waals surface area (Å²) in [5.74, 6) is 0. The molecule has 0 rings (SSSR count). The molecule has 2 radical (unpaired) electrons. The monoisotopic (exact) mass is 382 g/mol. The molecule has 0 aliphatic rings. The second kappa shape index (κ2) is 51.0. The minimum absolute atomic E-state index is 0. The molecule has 0 bridgehead atoms. The first kappa shape index (κ1) is 39.2. The molecule has 0 heterocycles. The van der Waals surface area contributed by atoms with Gasteiger partial charge in [0, 0.05) is 0 Å². The van der Waals surface area contributed by atoms with Gasteiger partial charge >= 0.3 is 63.8 Å². The first-order chi connectivity index (χ1) is 1.41. The SMILES string of the molecule is [Mn+2].[Mn+2].[O-2].[O-2].[O]=[Pb]=[O]. The van der Waals surface area contributed by atoms with Crippen LogP contribution in [0.5, 0.6) is 0 Å². The molecule has 7 heavy (non-hydrogen) atoms. The van der Waals surface area contributed by atoms with Gasteiger partial charge in [-0.1, -0.05) is 0 Å². The number of hydrogen-bond donors (Lipinski definition) is 0. The van der Waals surface area contributed by atoms with Crippen molar-refractivity contribution in [3.63, 3.8) is 0 Å². The molecule has 4 nitrogen and oxygen atoms in total. The summed E-state index contributed by atoms with van der Waals surface area (Å²) in [6.07, 6.45) is 0. The zero-order valence-corrected chi connectivity index (χ0v) is 9.14. The van der Waals surface area contributed by atoms with E-state index < -0.39 is 24.3 Å². The Bertz CT molecular complexity index is 30.7. The average molecular weight is 381 g/mol. The van der Waals surface area contributed by atoms with Gasteiger partial charge in [0.25, 0.3) is 0 Å². The van der Waals surface area contributed by atoms with Gasteiger partial charge in [-0.3, -0.25) is 0 Å². The van der Waals surface area contributed by atoms with E-state index in [2.05, 4.69) is 0 Å². The summed E-state index contributed by atoms with van der Waals surface area (Å²) in [6, 6.07) is 0. The maximum atomic E-state index is 8.57. The van der Waals surface area contributed by atoms with E-state index >= 15 is 0 Å². The summed E-state index contributed by atoms with van der Waals surface area (Å²) in [7, 11) is 0. The zero-order valence-electron chi connectivity index (χ0n) is 2.89. The standard InChI is InChI=1S/2Mn.4O.Pb/q2*+2;;;2*-2;. The maximum absolute atomic E-state index is 8.57. The van der Waals surface area contributed by atoms with Gasteiger partial charge in [0.2, 0.25) is 0 Å². The number of rotatable bonds is 0. The van der Waals surface area contributed by atoms with Crippen molar-refractivity contribution in [2.24, 2.45) is 0 Å². The Hall–Kier alpha value is 1.48. The van der Waals surface area contributed by atoms with Gasteiger partial charge < -0.3 is 11.0 Å². The summed E-state index contributed by atoms with van der Waals surface area (Å²) in [4.78, 5) is 0. The van der Waals surface area contributed by atoms with Crippen molar-refractivity contribution in [2.75, 3.05) is 0 Å². The normalized spacial score (nSPS) is 1.14. The Kier molecular flexibility index (Phi) is 286. The fraction of sp³-hybridized carbons (Fsp3) is 0. The van der Waals surface area contributed by atoms with Crippen LogP contribution in [0.4, 0.5) is 0 Å². The molecule has 0 N–H and O–H groups in total. The van der Waals surface area contributed by atoms with Crippen LogP contribution in [0.15, 0.2) is 0 Å². The Labute approximate surface area is 74.1 Å². The molecular formula is Mn2O4Pb. The molecule has 0 atom stereocenters. The molecule has 0 fully saturated rings. The van der Waals surface area contributed by atoms with Gasteiger partial charge in [-0.05, 0) is 0 Å². The first-order valence-electron chi connectivity index (χ1n) is 0.408. The van der Waals surface area contributed by atoms with Crippen molar-refractivity contribution in [2.45, 2.75) is 0 Å². The third-order valence-electron chi connectivity index (χ3n) is 0. The van der Waals surface area contributed by atoms with Gasteiger partial charge in [-0.25, -0.2) is 0 Å². The zero-order chi connectivity index (χ0) is 2.71. The van der Waals surface area contributed by atoms with Crippen molar-refractivity contribution in [3.8, 4) is 0 Å². The summed E-state index contributed by atoms with van der Waals surface area (Å²) < 4.78 is 17.1. The predicted molar refractivity (Wildman–Crippen MR) is 8.50 cm³/mol. The summed E-state index contributed by atoms with van der Waals surface area (Å²) in [5.41, 5.74) is 0. The van der Waals surface area contributed by atoms with Gasteiger partial charge in [0.15, 0.2) is 0 Å². The van der Waals surface area contributed by atoms with E-state index in [1.165, 1.54) is 0 Å². The van der Waals surface area contributed by atoms with Crippen molar-refractivity contribution in [1.82, 2.24) is 0 Å². The first-order valence-corrected chi connectivity index (χ1v) is 3.58. The number of hydrogen-bond acceptors (Lipinski definition) is 2. The van der Waals surface area contributed by atoms with Crippen molar-refractivity contribution in [3.05, 3.63) is 0 Å². The third kappa shape index (κ3) is 102. The molecule has 0 unspecified atom stereocenters. The molecule has 0 aromatic rings. The van der Waals surface area contributed by atoms with Gasteiger partial charge in [0.1, 0.15) is 0 Å². The molecule has 0 aliphatic heterocycles. The molecule has 0 aliphatic carbocycles. The molecule has 7 heteroatoms. The third-order valence-corrected chi connectivity index (χ3v) is 0. The van der Waals surface area contributed by atoms with E-state index in [4.69, 9.17) is 5.37 Å². The predicted octanol–water partition coefficient (Wildman–Crippen LogP) is -0.861. The quantitative estimate of drug-likeness (QED) is 0.511. The fourth-order valence-corrected chi connectivity index (χ4v) is 0. The summed E-state index contributed by atoms with van der Waals surface area (Å²) >= 11 is -2.42. The van der Waals surface area contributed by atoms with Crippen LogP contribution in [-0.2, 0) is 50.5 Å². The molecule has 0 aromatic carbocycles.